The Balaban J connectivity index is 7.27. The first-order valence-electron chi connectivity index (χ1n) is 28.4. The summed E-state index contributed by atoms with van der Waals surface area (Å²) < 4.78 is 0. The summed E-state index contributed by atoms with van der Waals surface area (Å²) in [5, 5.41) is 105. The van der Waals surface area contributed by atoms with E-state index in [1.54, 1.807) is 0 Å². The van der Waals surface area contributed by atoms with Crippen molar-refractivity contribution >= 4 is 118 Å². The van der Waals surface area contributed by atoms with E-state index in [-0.39, 0.29) is 0 Å². The second-order valence-electron chi connectivity index (χ2n) is 21.3. The molecule has 508 valence electrons. The third kappa shape index (κ3) is 36.4. The summed E-state index contributed by atoms with van der Waals surface area (Å²) >= 11 is 0. The average Bonchev–Trinajstić information content (AvgIpc) is 1.66. The van der Waals surface area contributed by atoms with Crippen molar-refractivity contribution in [3.8, 4) is 0 Å². The van der Waals surface area contributed by atoms with Crippen molar-refractivity contribution in [1.29, 1.82) is 0 Å². The molecule has 0 unspecified atom stereocenters. The number of nitrogens with one attached hydrogen (secondary N) is 5. The van der Waals surface area contributed by atoms with Crippen LogP contribution in [0.2, 0.25) is 0 Å². The van der Waals surface area contributed by atoms with E-state index >= 15 is 0 Å². The van der Waals surface area contributed by atoms with Crippen LogP contribution in [0.3, 0.4) is 0 Å². The maximum Gasteiger partial charge on any atom is 0.303 e. The molecule has 0 aromatic carbocycles. The maximum atomic E-state index is 14.2. The normalized spacial score (nSPS) is 14.2. The number of amides is 5. The number of hydrogen-bond donors (Lipinski definition) is 16. The lowest BCUT2D eigenvalue weighted by atomic mass is 9.88. The molecular formula is C55H78N6O30. The lowest BCUT2D eigenvalue weighted by molar-refractivity contribution is -0.141. The minimum atomic E-state index is -1.99. The summed E-state index contributed by atoms with van der Waals surface area (Å²) in [6, 6.07) is -10.5. The zero-order chi connectivity index (χ0) is 69.8. The van der Waals surface area contributed by atoms with Crippen molar-refractivity contribution < 1.29 is 147 Å². The van der Waals surface area contributed by atoms with Crippen molar-refractivity contribution in [3.05, 3.63) is 0 Å². The molecule has 0 rings (SSSR count). The van der Waals surface area contributed by atoms with E-state index in [0.29, 0.717) is 0 Å². The zero-order valence-corrected chi connectivity index (χ0v) is 49.5. The van der Waals surface area contributed by atoms with Crippen molar-refractivity contribution in [2.24, 2.45) is 29.4 Å². The number of rotatable bonds is 53. The Labute approximate surface area is 517 Å². The van der Waals surface area contributed by atoms with Gasteiger partial charge in [0.2, 0.25) is 29.5 Å². The fraction of sp³-hybridized carbons (Fsp3) is 0.636. The molecule has 17 N–H and O–H groups in total. The molecule has 10 atom stereocenters. The van der Waals surface area contributed by atoms with Crippen LogP contribution in [0.1, 0.15) is 161 Å². The number of carbonyl (C=O) groups is 20. The number of Topliss-reactive ketones (excluding diaryl/α,β-unsaturated/α-hetero) is 5. The number of carboxylic acids is 10. The van der Waals surface area contributed by atoms with Crippen LogP contribution >= 0.6 is 0 Å². The van der Waals surface area contributed by atoms with Gasteiger partial charge in [-0.1, -0.05) is 0 Å². The van der Waals surface area contributed by atoms with Crippen molar-refractivity contribution in [1.82, 2.24) is 26.6 Å². The second kappa shape index (κ2) is 42.3. The quantitative estimate of drug-likeness (QED) is 0.0322. The van der Waals surface area contributed by atoms with Gasteiger partial charge in [-0.25, -0.2) is 0 Å². The lowest BCUT2D eigenvalue weighted by Crippen LogP contribution is -2.50. The molecule has 5 amide bonds. The Hall–Kier alpha value is -9.64. The van der Waals surface area contributed by atoms with Gasteiger partial charge in [0.05, 0.1) is 36.3 Å². The summed E-state index contributed by atoms with van der Waals surface area (Å²) in [6.07, 6.45) is -18.9. The highest BCUT2D eigenvalue weighted by molar-refractivity contribution is 5.99. The van der Waals surface area contributed by atoms with Crippen LogP contribution in [-0.2, 0) is 95.9 Å². The van der Waals surface area contributed by atoms with E-state index in [0.717, 1.165) is 6.92 Å². The van der Waals surface area contributed by atoms with Gasteiger partial charge in [-0.05, 0) is 71.1 Å². The van der Waals surface area contributed by atoms with Gasteiger partial charge in [0.1, 0.15) is 0 Å². The highest BCUT2D eigenvalue weighted by Crippen LogP contribution is 2.23. The summed E-state index contributed by atoms with van der Waals surface area (Å²) in [4.78, 5) is 252. The van der Waals surface area contributed by atoms with E-state index < -0.39 is 332 Å². The summed E-state index contributed by atoms with van der Waals surface area (Å²) in [5.74, 6) is -33.6. The monoisotopic (exact) mass is 1300 g/mol. The molecule has 0 aromatic heterocycles. The predicted octanol–water partition coefficient (Wildman–Crippen LogP) is -1.72. The Kier molecular flexibility index (Phi) is 37.8. The minimum absolute atomic E-state index is 0.421. The van der Waals surface area contributed by atoms with Gasteiger partial charge >= 0.3 is 59.7 Å². The zero-order valence-electron chi connectivity index (χ0n) is 49.5. The van der Waals surface area contributed by atoms with Crippen LogP contribution in [0.5, 0.6) is 0 Å². The van der Waals surface area contributed by atoms with Crippen LogP contribution in [0.25, 0.3) is 0 Å². The lowest BCUT2D eigenvalue weighted by Gasteiger charge is -2.26. The molecule has 0 saturated heterocycles. The Bertz CT molecular complexity index is 2710. The maximum absolute atomic E-state index is 14.2. The Morgan fingerprint density at radius 1 is 0.253 bits per heavy atom. The second-order valence-corrected chi connectivity index (χ2v) is 21.3. The fourth-order valence-electron chi connectivity index (χ4n) is 8.85. The number of carboxylic acid groups (broad SMARTS) is 10. The van der Waals surface area contributed by atoms with E-state index in [1.807, 2.05) is 0 Å². The minimum Gasteiger partial charge on any atom is -0.481 e. The standard InChI is InChI=1S/C55H78N6O30/c1-26(62)32(7-17-46(77)78)57-51(87)27(2-12-41(67)68)22-37(63)33(8-18-47(79)80)58-52(88)28(3-13-42(69)70)23-38(64)34(9-19-48(81)82)59-53(89)29(4-14-43(71)72)24-39(65)35(10-20-49(83)84)60-54(90)30(5-15-44(73)74)25-40(66)36(11-21-50(85)86)61-55(91)31(56)6-16-45(75)76/h27-36H,2-25,56H2,1H3,(H,57,87)(H,58,88)(H,59,89)(H,60,90)(H,61,91)(H,67,68)(H,69,70)(H,71,72)(H,73,74)(H,75,76)(H,77,78)(H,79,80)(H,81,82)(H,83,84)(H,85,86)/t27-,28-,29-,30-,31+,32+,33+,34+,35+,36+/m1/s1. The highest BCUT2D eigenvalue weighted by Gasteiger charge is 2.37. The first-order valence-corrected chi connectivity index (χ1v) is 28.4. The van der Waals surface area contributed by atoms with Crippen LogP contribution in [0.15, 0.2) is 0 Å². The molecule has 36 heteroatoms. The van der Waals surface area contributed by atoms with Crippen molar-refractivity contribution in [2.75, 3.05) is 0 Å². The first-order chi connectivity index (χ1) is 42.3. The van der Waals surface area contributed by atoms with Gasteiger partial charge < -0.3 is 83.4 Å². The molecule has 0 aliphatic rings. The highest BCUT2D eigenvalue weighted by atomic mass is 16.4. The molecule has 36 nitrogen and oxygen atoms in total. The summed E-state index contributed by atoms with van der Waals surface area (Å²) in [7, 11) is 0. The van der Waals surface area contributed by atoms with E-state index in [1.165, 1.54) is 0 Å². The molecule has 91 heavy (non-hydrogen) atoms. The summed E-state index contributed by atoms with van der Waals surface area (Å²) in [5.41, 5.74) is 5.73. The van der Waals surface area contributed by atoms with E-state index in [2.05, 4.69) is 26.6 Å². The van der Waals surface area contributed by atoms with Gasteiger partial charge in [0.15, 0.2) is 28.9 Å². The number of carbonyl (C=O) groups excluding carboxylic acids is 10. The summed E-state index contributed by atoms with van der Waals surface area (Å²) in [6.45, 7) is 1.01. The first kappa shape index (κ1) is 81.4. The molecule has 0 fully saturated rings. The molecule has 0 aromatic rings. The van der Waals surface area contributed by atoms with Crippen molar-refractivity contribution in [2.45, 2.75) is 197 Å². The molecule has 0 aliphatic carbocycles. The van der Waals surface area contributed by atoms with Crippen LogP contribution < -0.4 is 32.3 Å². The molecule has 0 bridgehead atoms. The fourth-order valence-corrected chi connectivity index (χ4v) is 8.85. The predicted molar refractivity (Wildman–Crippen MR) is 299 cm³/mol. The topological polar surface area (TPSA) is 630 Å². The van der Waals surface area contributed by atoms with E-state index in [4.69, 9.17) is 15.9 Å². The average molecular weight is 1300 g/mol. The van der Waals surface area contributed by atoms with E-state index in [9.17, 15) is 137 Å². The number of aliphatic carboxylic acids is 10. The number of ketones is 5. The smallest absolute Gasteiger partial charge is 0.303 e. The number of nitrogens with two attached hydrogens (primary N) is 1. The third-order valence-electron chi connectivity index (χ3n) is 14.0. The number of hydrogen-bond acceptors (Lipinski definition) is 21. The molecule has 0 saturated carbocycles. The van der Waals surface area contributed by atoms with Crippen LogP contribution in [0.4, 0.5) is 0 Å². The van der Waals surface area contributed by atoms with Gasteiger partial charge in [0, 0.05) is 114 Å². The van der Waals surface area contributed by atoms with Crippen molar-refractivity contribution in [3.63, 3.8) is 0 Å². The molecule has 0 aliphatic heterocycles. The van der Waals surface area contributed by atoms with Gasteiger partial charge in [-0.3, -0.25) is 95.9 Å². The van der Waals surface area contributed by atoms with Gasteiger partial charge in [0.25, 0.3) is 0 Å². The van der Waals surface area contributed by atoms with Crippen LogP contribution in [-0.4, -0.2) is 205 Å². The molecular weight excluding hydrogens is 1220 g/mol. The molecule has 0 heterocycles. The van der Waals surface area contributed by atoms with Gasteiger partial charge in [-0.2, -0.15) is 0 Å². The molecule has 0 spiro atoms. The molecule has 0 radical (unpaired) electrons. The Morgan fingerprint density at radius 2 is 0.418 bits per heavy atom. The largest absolute Gasteiger partial charge is 0.481 e. The van der Waals surface area contributed by atoms with Crippen LogP contribution in [0, 0.1) is 23.7 Å². The Morgan fingerprint density at radius 3 is 0.615 bits per heavy atom. The van der Waals surface area contributed by atoms with Gasteiger partial charge in [-0.15, -0.1) is 0 Å². The SMILES string of the molecule is CC(=O)[C@H](CCC(=O)O)NC(=O)[C@H](CCC(=O)O)CC(=O)[C@H](CCC(=O)O)NC(=O)[C@H](CCC(=O)O)CC(=O)[C@H](CCC(=O)O)NC(=O)[C@H](CCC(=O)O)CC(=O)[C@H](CCC(=O)O)NC(=O)[C@H](CCC(=O)O)CC(=O)[C@H](CCC(=O)O)NC(=O)[C@@H](N)CCC(=O)O. The third-order valence-corrected chi connectivity index (χ3v) is 14.0.